The number of pyridine rings is 1. The number of fused-ring (bicyclic) bond motifs is 1. The molecule has 1 aliphatic heterocycles. The molecule has 0 spiro atoms. The van der Waals surface area contributed by atoms with Gasteiger partial charge in [0.2, 0.25) is 0 Å². The average Bonchev–Trinajstić information content (AvgIpc) is 3.22. The zero-order chi connectivity index (χ0) is 19.6. The molecule has 4 aromatic rings. The van der Waals surface area contributed by atoms with Gasteiger partial charge in [0, 0.05) is 30.5 Å². The first kappa shape index (κ1) is 17.9. The van der Waals surface area contributed by atoms with E-state index in [-0.39, 0.29) is 5.75 Å². The molecule has 0 saturated carbocycles. The number of likely N-dealkylation sites (tertiary alicyclic amines) is 1. The Bertz CT molecular complexity index is 1110. The number of phenolic OH excluding ortho intramolecular Hbond substituents is 1. The van der Waals surface area contributed by atoms with Gasteiger partial charge in [0.25, 0.3) is 0 Å². The van der Waals surface area contributed by atoms with E-state index in [0.29, 0.717) is 18.2 Å². The number of phenols is 1. The molecule has 1 atom stereocenters. The largest absolute Gasteiger partial charge is 0.507 e. The number of hydrogen-bond donors (Lipinski definition) is 1. The van der Waals surface area contributed by atoms with Crippen molar-refractivity contribution in [3.05, 3.63) is 78.1 Å². The molecule has 2 aromatic heterocycles. The van der Waals surface area contributed by atoms with Gasteiger partial charge in [-0.15, -0.1) is 0 Å². The molecular formula is C24H23N3O2. The number of aromatic hydroxyl groups is 1. The maximum Gasteiger partial charge on any atom is 0.175 e. The van der Waals surface area contributed by atoms with Crippen LogP contribution in [0, 0.1) is 0 Å². The summed E-state index contributed by atoms with van der Waals surface area (Å²) in [6.45, 7) is 1.60. The Hall–Kier alpha value is -3.18. The molecule has 5 rings (SSSR count). The minimum Gasteiger partial charge on any atom is -0.507 e. The molecule has 0 amide bonds. The summed E-state index contributed by atoms with van der Waals surface area (Å²) in [5.74, 6) is 0.253. The number of aromatic nitrogens is 2. The zero-order valence-corrected chi connectivity index (χ0v) is 16.2. The maximum absolute atomic E-state index is 10.6. The van der Waals surface area contributed by atoms with Gasteiger partial charge in [-0.25, -0.2) is 0 Å². The Kier molecular flexibility index (Phi) is 4.74. The minimum absolute atomic E-state index is 0.253. The second-order valence-electron chi connectivity index (χ2n) is 7.61. The standard InChI is InChI=1S/C24H23N3O2/c28-22-12-11-19-23(17-7-2-1-3-8-17)26-29-24(19)20(22)16-27-14-5-4-10-21(27)18-9-6-13-25-15-18/h1-3,6-9,11-13,15,21,28H,4-5,10,14,16H2/t21-/m0/s1. The molecule has 1 fully saturated rings. The van der Waals surface area contributed by atoms with Gasteiger partial charge in [0.1, 0.15) is 11.4 Å². The van der Waals surface area contributed by atoms with Crippen molar-refractivity contribution in [2.24, 2.45) is 0 Å². The van der Waals surface area contributed by atoms with Gasteiger partial charge in [-0.2, -0.15) is 0 Å². The molecule has 0 bridgehead atoms. The van der Waals surface area contributed by atoms with Crippen molar-refractivity contribution in [1.82, 2.24) is 15.0 Å². The van der Waals surface area contributed by atoms with Crippen molar-refractivity contribution in [1.29, 1.82) is 0 Å². The summed E-state index contributed by atoms with van der Waals surface area (Å²) in [4.78, 5) is 6.72. The van der Waals surface area contributed by atoms with Gasteiger partial charge in [-0.1, -0.05) is 48.0 Å². The summed E-state index contributed by atoms with van der Waals surface area (Å²) < 4.78 is 5.75. The van der Waals surface area contributed by atoms with Crippen LogP contribution in [0.3, 0.4) is 0 Å². The normalized spacial score (nSPS) is 17.6. The molecule has 5 heteroatoms. The van der Waals surface area contributed by atoms with Crippen molar-refractivity contribution >= 4 is 11.0 Å². The van der Waals surface area contributed by atoms with Crippen molar-refractivity contribution in [3.8, 4) is 17.0 Å². The molecule has 5 nitrogen and oxygen atoms in total. The molecule has 1 aliphatic rings. The quantitative estimate of drug-likeness (QED) is 0.515. The van der Waals surface area contributed by atoms with Gasteiger partial charge >= 0.3 is 0 Å². The third kappa shape index (κ3) is 3.38. The highest BCUT2D eigenvalue weighted by atomic mass is 16.5. The highest BCUT2D eigenvalue weighted by Gasteiger charge is 2.27. The lowest BCUT2D eigenvalue weighted by molar-refractivity contribution is 0.139. The molecule has 29 heavy (non-hydrogen) atoms. The van der Waals surface area contributed by atoms with Crippen molar-refractivity contribution in [2.45, 2.75) is 31.8 Å². The van der Waals surface area contributed by atoms with E-state index in [2.05, 4.69) is 21.1 Å². The molecule has 1 saturated heterocycles. The van der Waals surface area contributed by atoms with Crippen molar-refractivity contribution in [3.63, 3.8) is 0 Å². The van der Waals surface area contributed by atoms with Crippen LogP contribution in [0.1, 0.15) is 36.4 Å². The van der Waals surface area contributed by atoms with Crippen LogP contribution >= 0.6 is 0 Å². The van der Waals surface area contributed by atoms with Crippen LogP contribution in [0.5, 0.6) is 5.75 Å². The summed E-state index contributed by atoms with van der Waals surface area (Å²) >= 11 is 0. The molecular weight excluding hydrogens is 362 g/mol. The topological polar surface area (TPSA) is 62.4 Å². The average molecular weight is 385 g/mol. The van der Waals surface area contributed by atoms with Crippen LogP contribution in [-0.2, 0) is 6.54 Å². The predicted octanol–water partition coefficient (Wildman–Crippen LogP) is 5.32. The molecule has 146 valence electrons. The van der Waals surface area contributed by atoms with Gasteiger partial charge < -0.3 is 9.63 Å². The summed E-state index contributed by atoms with van der Waals surface area (Å²) in [6.07, 6.45) is 7.20. The number of nitrogens with zero attached hydrogens (tertiary/aromatic N) is 3. The van der Waals surface area contributed by atoms with E-state index in [1.807, 2.05) is 54.9 Å². The molecule has 3 heterocycles. The molecule has 0 aliphatic carbocycles. The lowest BCUT2D eigenvalue weighted by Crippen LogP contribution is -2.33. The van der Waals surface area contributed by atoms with Crippen LogP contribution in [-0.4, -0.2) is 26.7 Å². The van der Waals surface area contributed by atoms with Crippen LogP contribution in [0.15, 0.2) is 71.5 Å². The third-order valence-electron chi connectivity index (χ3n) is 5.81. The van der Waals surface area contributed by atoms with Crippen LogP contribution in [0.2, 0.25) is 0 Å². The van der Waals surface area contributed by atoms with E-state index in [1.54, 1.807) is 6.07 Å². The molecule has 1 N–H and O–H groups in total. The van der Waals surface area contributed by atoms with Crippen molar-refractivity contribution < 1.29 is 9.63 Å². The lowest BCUT2D eigenvalue weighted by Gasteiger charge is -2.36. The number of hydrogen-bond acceptors (Lipinski definition) is 5. The van der Waals surface area contributed by atoms with Gasteiger partial charge in [-0.3, -0.25) is 9.88 Å². The predicted molar refractivity (Wildman–Crippen MR) is 112 cm³/mol. The van der Waals surface area contributed by atoms with Crippen LogP contribution in [0.4, 0.5) is 0 Å². The zero-order valence-electron chi connectivity index (χ0n) is 16.2. The fourth-order valence-electron chi connectivity index (χ4n) is 4.34. The maximum atomic E-state index is 10.6. The number of benzene rings is 2. The second-order valence-corrected chi connectivity index (χ2v) is 7.61. The van der Waals surface area contributed by atoms with E-state index >= 15 is 0 Å². The fraction of sp³-hybridized carbons (Fsp3) is 0.250. The van der Waals surface area contributed by atoms with Gasteiger partial charge in [-0.05, 0) is 43.1 Å². The Morgan fingerprint density at radius 2 is 1.93 bits per heavy atom. The number of rotatable bonds is 4. The molecule has 0 radical (unpaired) electrons. The summed E-state index contributed by atoms with van der Waals surface area (Å²) in [6, 6.07) is 18.1. The Balaban J connectivity index is 1.53. The van der Waals surface area contributed by atoms with Crippen LogP contribution < -0.4 is 0 Å². The van der Waals surface area contributed by atoms with Crippen molar-refractivity contribution in [2.75, 3.05) is 6.54 Å². The first-order chi connectivity index (χ1) is 14.3. The van der Waals surface area contributed by atoms with Gasteiger partial charge in [0.15, 0.2) is 5.58 Å². The Labute approximate surface area is 169 Å². The van der Waals surface area contributed by atoms with Gasteiger partial charge in [0.05, 0.1) is 10.9 Å². The Morgan fingerprint density at radius 3 is 2.76 bits per heavy atom. The Morgan fingerprint density at radius 1 is 1.03 bits per heavy atom. The van der Waals surface area contributed by atoms with E-state index < -0.39 is 0 Å². The summed E-state index contributed by atoms with van der Waals surface area (Å²) in [5.41, 5.74) is 4.51. The SMILES string of the molecule is Oc1ccc2c(-c3ccccc3)noc2c1CN1CCCC[C@H]1c1cccnc1. The van der Waals surface area contributed by atoms with E-state index in [9.17, 15) is 5.11 Å². The van der Waals surface area contributed by atoms with Crippen LogP contribution in [0.25, 0.3) is 22.2 Å². The monoisotopic (exact) mass is 385 g/mol. The molecule has 0 unspecified atom stereocenters. The van der Waals surface area contributed by atoms with E-state index in [1.165, 1.54) is 12.0 Å². The highest BCUT2D eigenvalue weighted by molar-refractivity contribution is 5.94. The summed E-state index contributed by atoms with van der Waals surface area (Å²) in [7, 11) is 0. The van der Waals surface area contributed by atoms with E-state index in [0.717, 1.165) is 41.6 Å². The summed E-state index contributed by atoms with van der Waals surface area (Å²) in [5, 5.41) is 15.9. The first-order valence-corrected chi connectivity index (χ1v) is 10.1. The number of piperidine rings is 1. The first-order valence-electron chi connectivity index (χ1n) is 10.1. The lowest BCUT2D eigenvalue weighted by atomic mass is 9.95. The minimum atomic E-state index is 0.253. The highest BCUT2D eigenvalue weighted by Crippen LogP contribution is 2.38. The fourth-order valence-corrected chi connectivity index (χ4v) is 4.34. The molecule has 2 aromatic carbocycles. The van der Waals surface area contributed by atoms with E-state index in [4.69, 9.17) is 4.52 Å². The smallest absolute Gasteiger partial charge is 0.175 e. The second kappa shape index (κ2) is 7.68. The third-order valence-corrected chi connectivity index (χ3v) is 5.81.